The first-order chi connectivity index (χ1) is 10.4. The molecule has 0 bridgehead atoms. The topological polar surface area (TPSA) is 43.0 Å². The van der Waals surface area contributed by atoms with Gasteiger partial charge in [0, 0.05) is 26.2 Å². The Morgan fingerprint density at radius 1 is 0.905 bits per heavy atom. The summed E-state index contributed by atoms with van der Waals surface area (Å²) in [6, 6.07) is 8.21. The predicted octanol–water partition coefficient (Wildman–Crippen LogP) is 2.42. The number of fused-ring (bicyclic) bond motifs is 1. The van der Waals surface area contributed by atoms with Crippen LogP contribution in [0.5, 0.6) is 0 Å². The van der Waals surface area contributed by atoms with Gasteiger partial charge in [-0.1, -0.05) is 16.8 Å². The van der Waals surface area contributed by atoms with Crippen molar-refractivity contribution in [1.82, 2.24) is 14.9 Å². The SMILES string of the molecule is c1ccc2c(c1)NNN2O[PH+](N1CCCC1)N1CCCC1. The third-order valence-electron chi connectivity index (χ3n) is 4.34. The molecule has 3 aliphatic heterocycles. The Hall–Kier alpha value is -0.910. The van der Waals surface area contributed by atoms with Crippen molar-refractivity contribution < 1.29 is 4.62 Å². The van der Waals surface area contributed by atoms with Crippen molar-refractivity contribution in [3.63, 3.8) is 0 Å². The van der Waals surface area contributed by atoms with Gasteiger partial charge in [0.1, 0.15) is 5.69 Å². The molecule has 21 heavy (non-hydrogen) atoms. The van der Waals surface area contributed by atoms with Crippen molar-refractivity contribution in [3.05, 3.63) is 24.3 Å². The van der Waals surface area contributed by atoms with Crippen LogP contribution in [0.25, 0.3) is 0 Å². The number of para-hydroxylation sites is 2. The van der Waals surface area contributed by atoms with E-state index in [4.69, 9.17) is 4.62 Å². The number of hydrazine groups is 2. The van der Waals surface area contributed by atoms with Gasteiger partial charge >= 0.3 is 8.45 Å². The molecule has 0 unspecified atom stereocenters. The van der Waals surface area contributed by atoms with Crippen molar-refractivity contribution in [2.45, 2.75) is 25.7 Å². The molecular weight excluding hydrogens is 285 g/mol. The van der Waals surface area contributed by atoms with Gasteiger partial charge in [-0.3, -0.25) is 5.43 Å². The van der Waals surface area contributed by atoms with Gasteiger partial charge in [0.2, 0.25) is 0 Å². The minimum absolute atomic E-state index is 1.07. The molecule has 2 N–H and O–H groups in total. The first-order valence-corrected chi connectivity index (χ1v) is 9.18. The van der Waals surface area contributed by atoms with E-state index in [-0.39, 0.29) is 0 Å². The van der Waals surface area contributed by atoms with Gasteiger partial charge in [-0.25, -0.2) is 0 Å². The highest BCUT2D eigenvalue weighted by Gasteiger charge is 2.41. The Labute approximate surface area is 126 Å². The summed E-state index contributed by atoms with van der Waals surface area (Å²) in [6.45, 7) is 4.70. The number of rotatable bonds is 4. The van der Waals surface area contributed by atoms with E-state index in [1.54, 1.807) is 0 Å². The van der Waals surface area contributed by atoms with E-state index in [2.05, 4.69) is 32.4 Å². The minimum atomic E-state index is -1.13. The lowest BCUT2D eigenvalue weighted by Crippen LogP contribution is -2.38. The van der Waals surface area contributed by atoms with Crippen LogP contribution >= 0.6 is 8.45 Å². The third kappa shape index (κ3) is 2.74. The van der Waals surface area contributed by atoms with Gasteiger partial charge in [0.15, 0.2) is 0 Å². The Morgan fingerprint density at radius 3 is 2.19 bits per heavy atom. The maximum Gasteiger partial charge on any atom is 0.312 e. The zero-order valence-electron chi connectivity index (χ0n) is 12.2. The molecule has 114 valence electrons. The second-order valence-electron chi connectivity index (χ2n) is 5.81. The molecule has 4 rings (SSSR count). The summed E-state index contributed by atoms with van der Waals surface area (Å²) in [6.07, 6.45) is 5.20. The lowest BCUT2D eigenvalue weighted by molar-refractivity contribution is 0.231. The molecule has 0 aromatic heterocycles. The standard InChI is InChI=1S/C14H22N5OP/c1-2-8-14-13(7-1)15-16-19(14)20-21(17-9-3-4-10-17)18-11-5-6-12-18/h1-2,7-8,15-16H,3-6,9-12H2/p+1. The van der Waals surface area contributed by atoms with Gasteiger partial charge in [0.05, 0.1) is 5.69 Å². The molecule has 0 amide bonds. The van der Waals surface area contributed by atoms with Crippen molar-refractivity contribution in [1.29, 1.82) is 0 Å². The smallest absolute Gasteiger partial charge is 0.300 e. The molecule has 0 saturated carbocycles. The van der Waals surface area contributed by atoms with Gasteiger partial charge < -0.3 is 0 Å². The molecule has 6 nitrogen and oxygen atoms in total. The molecule has 3 aliphatic rings. The summed E-state index contributed by atoms with van der Waals surface area (Å²) in [4.78, 5) is 0. The fourth-order valence-corrected chi connectivity index (χ4v) is 5.55. The molecule has 1 aromatic carbocycles. The normalized spacial score (nSPS) is 23.0. The van der Waals surface area contributed by atoms with E-state index in [0.29, 0.717) is 0 Å². The van der Waals surface area contributed by atoms with Gasteiger partial charge in [-0.05, 0) is 37.8 Å². The van der Waals surface area contributed by atoms with Crippen LogP contribution in [0.4, 0.5) is 11.4 Å². The zero-order valence-corrected chi connectivity index (χ0v) is 13.2. The lowest BCUT2D eigenvalue weighted by atomic mass is 10.3. The van der Waals surface area contributed by atoms with Crippen LogP contribution in [0.15, 0.2) is 24.3 Å². The van der Waals surface area contributed by atoms with Crippen LogP contribution in [0, 0.1) is 0 Å². The van der Waals surface area contributed by atoms with E-state index < -0.39 is 8.45 Å². The van der Waals surface area contributed by atoms with Gasteiger partial charge in [0.25, 0.3) is 0 Å². The lowest BCUT2D eigenvalue weighted by Gasteiger charge is -2.27. The Balaban J connectivity index is 1.51. The monoisotopic (exact) mass is 308 g/mol. The van der Waals surface area contributed by atoms with Crippen LogP contribution in [0.3, 0.4) is 0 Å². The van der Waals surface area contributed by atoms with Crippen LogP contribution in [0.1, 0.15) is 25.7 Å². The molecule has 0 aliphatic carbocycles. The van der Waals surface area contributed by atoms with E-state index in [1.807, 2.05) is 17.3 Å². The molecule has 7 heteroatoms. The predicted molar refractivity (Wildman–Crippen MR) is 86.7 cm³/mol. The minimum Gasteiger partial charge on any atom is -0.300 e. The zero-order chi connectivity index (χ0) is 14.1. The van der Waals surface area contributed by atoms with E-state index in [0.717, 1.165) is 11.4 Å². The van der Waals surface area contributed by atoms with E-state index in [1.165, 1.54) is 51.9 Å². The number of nitrogens with zero attached hydrogens (tertiary/aromatic N) is 3. The molecule has 0 spiro atoms. The average Bonchev–Trinajstić information content (AvgIpc) is 3.26. The average molecular weight is 308 g/mol. The first-order valence-electron chi connectivity index (χ1n) is 7.87. The Morgan fingerprint density at radius 2 is 1.52 bits per heavy atom. The molecular formula is C14H23N5OP+. The maximum absolute atomic E-state index is 6.42. The maximum atomic E-state index is 6.42. The van der Waals surface area contributed by atoms with Crippen molar-refractivity contribution in [2.24, 2.45) is 0 Å². The van der Waals surface area contributed by atoms with Crippen molar-refractivity contribution in [2.75, 3.05) is 36.8 Å². The third-order valence-corrected chi connectivity index (χ3v) is 6.66. The summed E-state index contributed by atoms with van der Waals surface area (Å²) < 4.78 is 11.5. The van der Waals surface area contributed by atoms with Crippen molar-refractivity contribution >= 4 is 19.8 Å². The molecule has 1 aromatic rings. The van der Waals surface area contributed by atoms with Gasteiger partial charge in [-0.15, -0.1) is 20.0 Å². The molecule has 2 saturated heterocycles. The van der Waals surface area contributed by atoms with E-state index >= 15 is 0 Å². The molecule has 2 fully saturated rings. The van der Waals surface area contributed by atoms with E-state index in [9.17, 15) is 0 Å². The largest absolute Gasteiger partial charge is 0.312 e. The number of anilines is 2. The summed E-state index contributed by atoms with van der Waals surface area (Å²) in [5.41, 5.74) is 8.44. The van der Waals surface area contributed by atoms with Crippen molar-refractivity contribution in [3.8, 4) is 0 Å². The second-order valence-corrected chi connectivity index (χ2v) is 7.82. The quantitative estimate of drug-likeness (QED) is 0.833. The van der Waals surface area contributed by atoms with Gasteiger partial charge in [-0.2, -0.15) is 0 Å². The molecule has 0 radical (unpaired) electrons. The summed E-state index contributed by atoms with van der Waals surface area (Å²) >= 11 is 0. The summed E-state index contributed by atoms with van der Waals surface area (Å²) in [7, 11) is -1.13. The highest BCUT2D eigenvalue weighted by Crippen LogP contribution is 2.50. The van der Waals surface area contributed by atoms with Crippen LogP contribution in [-0.4, -0.2) is 35.5 Å². The molecule has 3 heterocycles. The fourth-order valence-electron chi connectivity index (χ4n) is 3.21. The fraction of sp³-hybridized carbons (Fsp3) is 0.571. The van der Waals surface area contributed by atoms with Crippen LogP contribution < -0.4 is 16.1 Å². The van der Waals surface area contributed by atoms with Crippen LogP contribution in [-0.2, 0) is 4.62 Å². The number of hydrogen-bond donors (Lipinski definition) is 2. The number of benzene rings is 1. The summed E-state index contributed by atoms with van der Waals surface area (Å²) in [5.74, 6) is 0. The summed E-state index contributed by atoms with van der Waals surface area (Å²) in [5, 5.41) is 1.82. The second kappa shape index (κ2) is 6.07. The first kappa shape index (κ1) is 13.7. The molecule has 0 atom stereocenters. The number of hydrogen-bond acceptors (Lipinski definition) is 6. The van der Waals surface area contributed by atoms with Crippen LogP contribution in [0.2, 0.25) is 0 Å². The number of nitrogens with one attached hydrogen (secondary N) is 2. The Bertz CT molecular complexity index is 474. The Kier molecular flexibility index (Phi) is 3.97. The highest BCUT2D eigenvalue weighted by atomic mass is 31.2. The highest BCUT2D eigenvalue weighted by molar-refractivity contribution is 7.47.